The summed E-state index contributed by atoms with van der Waals surface area (Å²) in [5.74, 6) is -1.50. The topological polar surface area (TPSA) is 124 Å². The number of hydrogen-bond donors (Lipinski definition) is 2. The molecule has 3 N–H and O–H groups in total. The fourth-order valence-electron chi connectivity index (χ4n) is 4.27. The zero-order valence-corrected chi connectivity index (χ0v) is 20.3. The van der Waals surface area contributed by atoms with Crippen molar-refractivity contribution >= 4 is 44.2 Å². The number of sulfone groups is 1. The van der Waals surface area contributed by atoms with Crippen LogP contribution in [0, 0.1) is 5.82 Å². The van der Waals surface area contributed by atoms with Crippen LogP contribution in [-0.2, 0) is 9.84 Å². The van der Waals surface area contributed by atoms with Gasteiger partial charge in [0, 0.05) is 28.1 Å². The highest BCUT2D eigenvalue weighted by Crippen LogP contribution is 2.35. The van der Waals surface area contributed by atoms with Gasteiger partial charge < -0.3 is 11.1 Å². The molecule has 2 heterocycles. The largest absolute Gasteiger partial charge is 0.366 e. The number of carbonyl (C=O) groups excluding carboxylic acids is 2. The van der Waals surface area contributed by atoms with Gasteiger partial charge in [0.05, 0.1) is 27.7 Å². The molecule has 1 atom stereocenters. The van der Waals surface area contributed by atoms with Crippen LogP contribution in [0.5, 0.6) is 0 Å². The fraction of sp³-hybridized carbons (Fsp3) is 0.160. The number of hydrogen-bond acceptors (Lipinski definition) is 5. The lowest BCUT2D eigenvalue weighted by Gasteiger charge is -2.11. The minimum Gasteiger partial charge on any atom is -0.366 e. The van der Waals surface area contributed by atoms with Gasteiger partial charge in [-0.05, 0) is 67.1 Å². The molecule has 11 heteroatoms. The highest BCUT2D eigenvalue weighted by Gasteiger charge is 2.29. The average molecular weight is 527 g/mol. The molecule has 1 saturated heterocycles. The highest BCUT2D eigenvalue weighted by molar-refractivity contribution is 7.91. The molecule has 1 aromatic heterocycles. The molecule has 36 heavy (non-hydrogen) atoms. The molecule has 5 rings (SSSR count). The Balaban J connectivity index is 1.63. The number of aromatic nitrogens is 2. The lowest BCUT2D eigenvalue weighted by atomic mass is 10.0. The average Bonchev–Trinajstić information content (AvgIpc) is 3.38. The minimum atomic E-state index is -3.15. The van der Waals surface area contributed by atoms with Gasteiger partial charge in [0.25, 0.3) is 5.91 Å². The van der Waals surface area contributed by atoms with Crippen molar-refractivity contribution in [1.82, 2.24) is 15.1 Å². The van der Waals surface area contributed by atoms with E-state index in [4.69, 9.17) is 22.4 Å². The smallest absolute Gasteiger partial charge is 0.251 e. The van der Waals surface area contributed by atoms with Gasteiger partial charge in [0.1, 0.15) is 11.5 Å². The summed E-state index contributed by atoms with van der Waals surface area (Å²) in [6, 6.07) is 14.8. The maximum absolute atomic E-state index is 13.6. The quantitative estimate of drug-likeness (QED) is 0.412. The number of amides is 2. The molecule has 2 amide bonds. The van der Waals surface area contributed by atoms with Crippen LogP contribution in [0.15, 0.2) is 60.7 Å². The molecule has 0 unspecified atom stereocenters. The summed E-state index contributed by atoms with van der Waals surface area (Å²) in [4.78, 5) is 24.7. The Labute approximate surface area is 210 Å². The van der Waals surface area contributed by atoms with E-state index in [2.05, 4.69) is 5.32 Å². The molecule has 1 fully saturated rings. The molecule has 0 radical (unpaired) electrons. The lowest BCUT2D eigenvalue weighted by molar-refractivity contribution is 0.0940. The Hall–Kier alpha value is -3.76. The van der Waals surface area contributed by atoms with Gasteiger partial charge in [-0.3, -0.25) is 9.59 Å². The van der Waals surface area contributed by atoms with Crippen LogP contribution in [0.2, 0.25) is 5.02 Å². The van der Waals surface area contributed by atoms with Crippen LogP contribution in [0.4, 0.5) is 4.39 Å². The number of halogens is 2. The fourth-order valence-corrected chi connectivity index (χ4v) is 6.15. The van der Waals surface area contributed by atoms with Crippen LogP contribution in [0.25, 0.3) is 27.8 Å². The zero-order chi connectivity index (χ0) is 25.6. The predicted molar refractivity (Wildman–Crippen MR) is 135 cm³/mol. The molecular weight excluding hydrogens is 507 g/mol. The zero-order valence-electron chi connectivity index (χ0n) is 18.7. The maximum Gasteiger partial charge on any atom is 0.251 e. The van der Waals surface area contributed by atoms with Gasteiger partial charge in [-0.15, -0.1) is 0 Å². The molecule has 4 aromatic rings. The minimum absolute atomic E-state index is 0.0444. The maximum atomic E-state index is 13.6. The van der Waals surface area contributed by atoms with E-state index in [9.17, 15) is 22.4 Å². The number of fused-ring (bicyclic) bond motifs is 1. The third-order valence-electron chi connectivity index (χ3n) is 6.09. The number of benzene rings is 3. The molecule has 0 spiro atoms. The molecule has 8 nitrogen and oxygen atoms in total. The summed E-state index contributed by atoms with van der Waals surface area (Å²) in [5.41, 5.74) is 7.97. The van der Waals surface area contributed by atoms with Gasteiger partial charge in [-0.25, -0.2) is 17.5 Å². The molecular formula is C25H20ClFN4O4S. The third-order valence-corrected chi connectivity index (χ3v) is 8.19. The van der Waals surface area contributed by atoms with Crippen LogP contribution in [0.3, 0.4) is 0 Å². The Morgan fingerprint density at radius 3 is 2.44 bits per heavy atom. The van der Waals surface area contributed by atoms with Gasteiger partial charge in [-0.1, -0.05) is 11.6 Å². The van der Waals surface area contributed by atoms with E-state index < -0.39 is 33.5 Å². The number of primary amides is 1. The summed E-state index contributed by atoms with van der Waals surface area (Å²) in [5, 5.41) is 8.44. The van der Waals surface area contributed by atoms with Crippen molar-refractivity contribution in [3.8, 4) is 16.9 Å². The number of nitrogens with two attached hydrogens (primary N) is 1. The highest BCUT2D eigenvalue weighted by atomic mass is 35.5. The Morgan fingerprint density at radius 1 is 1.06 bits per heavy atom. The summed E-state index contributed by atoms with van der Waals surface area (Å²) in [6.07, 6.45) is 0.364. The first-order valence-corrected chi connectivity index (χ1v) is 13.2. The summed E-state index contributed by atoms with van der Waals surface area (Å²) in [7, 11) is -3.15. The first-order chi connectivity index (χ1) is 17.1. The van der Waals surface area contributed by atoms with Gasteiger partial charge in [-0.2, -0.15) is 5.10 Å². The van der Waals surface area contributed by atoms with Crippen LogP contribution in [-0.4, -0.2) is 47.6 Å². The normalized spacial score (nSPS) is 16.8. The lowest BCUT2D eigenvalue weighted by Crippen LogP contribution is -2.35. The van der Waals surface area contributed by atoms with Crippen LogP contribution < -0.4 is 11.1 Å². The Morgan fingerprint density at radius 2 is 1.78 bits per heavy atom. The van der Waals surface area contributed by atoms with E-state index in [1.165, 1.54) is 18.2 Å². The van der Waals surface area contributed by atoms with Crippen molar-refractivity contribution < 1.29 is 22.4 Å². The van der Waals surface area contributed by atoms with E-state index >= 15 is 0 Å². The molecule has 1 aliphatic heterocycles. The number of nitrogens with zero attached hydrogens (tertiary/aromatic N) is 2. The molecule has 0 aliphatic carbocycles. The molecule has 0 bridgehead atoms. The Kier molecular flexibility index (Phi) is 6.01. The summed E-state index contributed by atoms with van der Waals surface area (Å²) in [6.45, 7) is 0. The first kappa shape index (κ1) is 24.0. The van der Waals surface area contributed by atoms with E-state index in [1.807, 2.05) is 0 Å². The monoisotopic (exact) mass is 526 g/mol. The van der Waals surface area contributed by atoms with E-state index in [0.717, 1.165) is 0 Å². The molecule has 0 saturated carbocycles. The van der Waals surface area contributed by atoms with Crippen LogP contribution in [0.1, 0.15) is 27.1 Å². The van der Waals surface area contributed by atoms with Gasteiger partial charge in [0.2, 0.25) is 5.91 Å². The van der Waals surface area contributed by atoms with Crippen molar-refractivity contribution in [2.75, 3.05) is 11.5 Å². The second-order valence-corrected chi connectivity index (χ2v) is 11.2. The van der Waals surface area contributed by atoms with E-state index in [0.29, 0.717) is 44.9 Å². The number of nitrogens with one attached hydrogen (secondary N) is 1. The van der Waals surface area contributed by atoms with Crippen molar-refractivity contribution in [3.05, 3.63) is 82.6 Å². The van der Waals surface area contributed by atoms with Gasteiger partial charge >= 0.3 is 0 Å². The predicted octanol–water partition coefficient (Wildman–Crippen LogP) is 3.50. The van der Waals surface area contributed by atoms with E-state index in [1.54, 1.807) is 47.1 Å². The van der Waals surface area contributed by atoms with Crippen molar-refractivity contribution in [3.63, 3.8) is 0 Å². The Bertz CT molecular complexity index is 1630. The first-order valence-electron chi connectivity index (χ1n) is 11.0. The summed E-state index contributed by atoms with van der Waals surface area (Å²) < 4.78 is 38.7. The van der Waals surface area contributed by atoms with Crippen LogP contribution >= 0.6 is 11.6 Å². The van der Waals surface area contributed by atoms with Crippen molar-refractivity contribution in [2.24, 2.45) is 5.73 Å². The second kappa shape index (κ2) is 9.03. The molecule has 1 aliphatic rings. The van der Waals surface area contributed by atoms with E-state index in [-0.39, 0.29) is 17.1 Å². The third kappa shape index (κ3) is 4.57. The number of rotatable bonds is 5. The molecule has 3 aromatic carbocycles. The standard InChI is InChI=1S/C25H20ClFN4O4S/c26-21-8-2-14(24(28)32)11-20(21)23-19-7-1-15(25(33)29-17-9-10-36(34,35)13-17)12-22(19)31(30-23)18-5-3-16(27)4-6-18/h1-8,11-12,17H,9-10,13H2,(H2,28,32)(H,29,33)/t17-/m1/s1. The van der Waals surface area contributed by atoms with Gasteiger partial charge in [0.15, 0.2) is 9.84 Å². The van der Waals surface area contributed by atoms with Crippen molar-refractivity contribution in [2.45, 2.75) is 12.5 Å². The van der Waals surface area contributed by atoms with Crippen molar-refractivity contribution in [1.29, 1.82) is 0 Å². The SMILES string of the molecule is NC(=O)c1ccc(Cl)c(-c2nn(-c3ccc(F)cc3)c3cc(C(=O)N[C@@H]4CCS(=O)(=O)C4)ccc23)c1. The number of carbonyl (C=O) groups is 2. The second-order valence-electron chi connectivity index (χ2n) is 8.60. The molecule has 184 valence electrons. The summed E-state index contributed by atoms with van der Waals surface area (Å²) >= 11 is 6.45.